The highest BCUT2D eigenvalue weighted by Crippen LogP contribution is 2.16. The van der Waals surface area contributed by atoms with E-state index in [1.807, 2.05) is 24.3 Å². The van der Waals surface area contributed by atoms with Gasteiger partial charge in [0.15, 0.2) is 0 Å². The Hall–Kier alpha value is -0.210. The van der Waals surface area contributed by atoms with Gasteiger partial charge in [0.2, 0.25) is 0 Å². The van der Waals surface area contributed by atoms with Gasteiger partial charge in [-0.15, -0.1) is 11.6 Å². The van der Waals surface area contributed by atoms with E-state index in [9.17, 15) is 0 Å². The molecule has 1 rings (SSSR count). The maximum atomic E-state index is 5.66. The maximum absolute atomic E-state index is 5.66. The summed E-state index contributed by atoms with van der Waals surface area (Å²) in [5.41, 5.74) is 0. The lowest BCUT2D eigenvalue weighted by molar-refractivity contribution is 0.272. The van der Waals surface area contributed by atoms with Crippen LogP contribution in [0.2, 0.25) is 0 Å². The molecule has 13 heavy (non-hydrogen) atoms. The summed E-state index contributed by atoms with van der Waals surface area (Å²) in [6.45, 7) is 2.73. The minimum Gasteiger partial charge on any atom is -0.493 e. The number of benzene rings is 1. The van der Waals surface area contributed by atoms with Gasteiger partial charge in [-0.3, -0.25) is 0 Å². The van der Waals surface area contributed by atoms with Crippen LogP contribution in [0.5, 0.6) is 5.75 Å². The molecule has 0 heterocycles. The van der Waals surface area contributed by atoms with Gasteiger partial charge in [0.1, 0.15) is 5.75 Å². The molecule has 3 heteroatoms. The maximum Gasteiger partial charge on any atom is 0.119 e. The second kappa shape index (κ2) is 5.51. The number of halogens is 2. The fourth-order valence-corrected chi connectivity index (χ4v) is 1.17. The Labute approximate surface area is 92.2 Å². The molecule has 1 atom stereocenters. The number of alkyl halides is 1. The fraction of sp³-hybridized carbons (Fsp3) is 0.400. The summed E-state index contributed by atoms with van der Waals surface area (Å²) >= 11 is 9.02. The molecule has 0 radical (unpaired) electrons. The molecule has 0 aliphatic heterocycles. The van der Waals surface area contributed by atoms with Crippen LogP contribution in [-0.4, -0.2) is 12.5 Å². The number of ether oxygens (including phenoxy) is 1. The van der Waals surface area contributed by atoms with Crippen LogP contribution < -0.4 is 4.74 Å². The second-order valence-corrected chi connectivity index (χ2v) is 4.25. The lowest BCUT2D eigenvalue weighted by Gasteiger charge is -2.09. The average molecular weight is 264 g/mol. The van der Waals surface area contributed by atoms with E-state index < -0.39 is 0 Å². The molecule has 0 aromatic heterocycles. The summed E-state index contributed by atoms with van der Waals surface area (Å²) < 4.78 is 6.57. The fourth-order valence-electron chi connectivity index (χ4n) is 0.814. The van der Waals surface area contributed by atoms with Crippen LogP contribution in [0, 0.1) is 5.92 Å². The van der Waals surface area contributed by atoms with Crippen molar-refractivity contribution in [3.8, 4) is 5.75 Å². The predicted molar refractivity (Wildman–Crippen MR) is 59.5 cm³/mol. The van der Waals surface area contributed by atoms with Crippen LogP contribution in [0.15, 0.2) is 28.7 Å². The quantitative estimate of drug-likeness (QED) is 0.753. The highest BCUT2D eigenvalue weighted by Gasteiger charge is 2.00. The van der Waals surface area contributed by atoms with Crippen molar-refractivity contribution >= 4 is 27.5 Å². The molecule has 0 unspecified atom stereocenters. The van der Waals surface area contributed by atoms with E-state index in [0.717, 1.165) is 10.2 Å². The monoisotopic (exact) mass is 262 g/mol. The van der Waals surface area contributed by atoms with Gasteiger partial charge in [0.25, 0.3) is 0 Å². The van der Waals surface area contributed by atoms with E-state index in [1.54, 1.807) is 0 Å². The average Bonchev–Trinajstić information content (AvgIpc) is 2.16. The predicted octanol–water partition coefficient (Wildman–Crippen LogP) is 3.70. The Kier molecular flexibility index (Phi) is 4.60. The van der Waals surface area contributed by atoms with Crippen LogP contribution >= 0.6 is 27.5 Å². The van der Waals surface area contributed by atoms with E-state index in [1.165, 1.54) is 0 Å². The van der Waals surface area contributed by atoms with E-state index in [-0.39, 0.29) is 0 Å². The van der Waals surface area contributed by atoms with Gasteiger partial charge in [0.05, 0.1) is 6.61 Å². The second-order valence-electron chi connectivity index (χ2n) is 3.02. The molecule has 0 fully saturated rings. The van der Waals surface area contributed by atoms with E-state index in [2.05, 4.69) is 22.9 Å². The Balaban J connectivity index is 2.41. The summed E-state index contributed by atoms with van der Waals surface area (Å²) in [4.78, 5) is 0. The first-order valence-electron chi connectivity index (χ1n) is 4.16. The van der Waals surface area contributed by atoms with Crippen molar-refractivity contribution < 1.29 is 4.74 Å². The smallest absolute Gasteiger partial charge is 0.119 e. The first-order chi connectivity index (χ1) is 6.22. The Morgan fingerprint density at radius 3 is 2.54 bits per heavy atom. The van der Waals surface area contributed by atoms with Crippen molar-refractivity contribution in [1.29, 1.82) is 0 Å². The van der Waals surface area contributed by atoms with Gasteiger partial charge < -0.3 is 4.74 Å². The molecule has 0 spiro atoms. The van der Waals surface area contributed by atoms with Crippen LogP contribution in [0.3, 0.4) is 0 Å². The molecular weight excluding hydrogens is 251 g/mol. The van der Waals surface area contributed by atoms with Gasteiger partial charge in [-0.2, -0.15) is 0 Å². The highest BCUT2D eigenvalue weighted by atomic mass is 79.9. The van der Waals surface area contributed by atoms with Crippen LogP contribution in [0.1, 0.15) is 6.92 Å². The molecule has 1 aromatic carbocycles. The topological polar surface area (TPSA) is 9.23 Å². The Morgan fingerprint density at radius 2 is 2.00 bits per heavy atom. The number of rotatable bonds is 4. The van der Waals surface area contributed by atoms with Gasteiger partial charge in [0, 0.05) is 16.3 Å². The third kappa shape index (κ3) is 4.01. The molecule has 0 bridgehead atoms. The zero-order valence-electron chi connectivity index (χ0n) is 7.47. The number of hydrogen-bond donors (Lipinski definition) is 0. The number of hydrogen-bond acceptors (Lipinski definition) is 1. The van der Waals surface area contributed by atoms with Crippen LogP contribution in [0.4, 0.5) is 0 Å². The van der Waals surface area contributed by atoms with Crippen LogP contribution in [0.25, 0.3) is 0 Å². The van der Waals surface area contributed by atoms with Gasteiger partial charge >= 0.3 is 0 Å². The van der Waals surface area contributed by atoms with E-state index >= 15 is 0 Å². The standard InChI is InChI=1S/C10H12BrClO/c1-8(6-12)7-13-10-4-2-9(11)3-5-10/h2-5,8H,6-7H2,1H3/t8-/m0/s1. The van der Waals surface area contributed by atoms with Crippen molar-refractivity contribution in [2.75, 3.05) is 12.5 Å². The van der Waals surface area contributed by atoms with Crippen molar-refractivity contribution in [3.63, 3.8) is 0 Å². The van der Waals surface area contributed by atoms with E-state index in [4.69, 9.17) is 16.3 Å². The normalized spacial score (nSPS) is 12.5. The minimum atomic E-state index is 0.394. The largest absolute Gasteiger partial charge is 0.493 e. The van der Waals surface area contributed by atoms with Crippen LogP contribution in [-0.2, 0) is 0 Å². The van der Waals surface area contributed by atoms with Crippen molar-refractivity contribution in [3.05, 3.63) is 28.7 Å². The zero-order valence-corrected chi connectivity index (χ0v) is 9.81. The molecule has 0 amide bonds. The summed E-state index contributed by atoms with van der Waals surface area (Å²) in [7, 11) is 0. The van der Waals surface area contributed by atoms with Crippen molar-refractivity contribution in [2.24, 2.45) is 5.92 Å². The summed E-state index contributed by atoms with van der Waals surface area (Å²) in [5, 5.41) is 0. The molecule has 0 saturated heterocycles. The first kappa shape index (κ1) is 10.9. The summed E-state index contributed by atoms with van der Waals surface area (Å²) in [5.74, 6) is 1.92. The zero-order chi connectivity index (χ0) is 9.68. The molecule has 0 N–H and O–H groups in total. The molecule has 1 aromatic rings. The molecular formula is C10H12BrClO. The molecule has 1 nitrogen and oxygen atoms in total. The van der Waals surface area contributed by atoms with Gasteiger partial charge in [-0.1, -0.05) is 22.9 Å². The first-order valence-corrected chi connectivity index (χ1v) is 5.49. The SMILES string of the molecule is C[C@@H](CCl)COc1ccc(Br)cc1. The third-order valence-electron chi connectivity index (χ3n) is 1.61. The van der Waals surface area contributed by atoms with Gasteiger partial charge in [-0.05, 0) is 24.3 Å². The molecule has 0 aliphatic carbocycles. The molecule has 72 valence electrons. The Bertz CT molecular complexity index is 248. The Morgan fingerprint density at radius 1 is 1.38 bits per heavy atom. The van der Waals surface area contributed by atoms with Crippen molar-refractivity contribution in [1.82, 2.24) is 0 Å². The van der Waals surface area contributed by atoms with Crippen molar-refractivity contribution in [2.45, 2.75) is 6.92 Å². The third-order valence-corrected chi connectivity index (χ3v) is 2.67. The lowest BCUT2D eigenvalue weighted by Crippen LogP contribution is -2.09. The molecule has 0 aliphatic rings. The summed E-state index contributed by atoms with van der Waals surface area (Å²) in [6, 6.07) is 7.79. The highest BCUT2D eigenvalue weighted by molar-refractivity contribution is 9.10. The molecule has 0 saturated carbocycles. The van der Waals surface area contributed by atoms with E-state index in [0.29, 0.717) is 18.4 Å². The van der Waals surface area contributed by atoms with Gasteiger partial charge in [-0.25, -0.2) is 0 Å². The minimum absolute atomic E-state index is 0.394. The summed E-state index contributed by atoms with van der Waals surface area (Å²) in [6.07, 6.45) is 0. The lowest BCUT2D eigenvalue weighted by atomic mass is 10.2.